The highest BCUT2D eigenvalue weighted by Crippen LogP contribution is 2.32. The number of hydrogen-bond acceptors (Lipinski definition) is 7. The van der Waals surface area contributed by atoms with Gasteiger partial charge in [-0.25, -0.2) is 14.8 Å². The van der Waals surface area contributed by atoms with Crippen LogP contribution >= 0.6 is 11.8 Å². The molecule has 0 saturated carbocycles. The minimum absolute atomic E-state index is 0.00338. The summed E-state index contributed by atoms with van der Waals surface area (Å²) in [4.78, 5) is 30.0. The Kier molecular flexibility index (Phi) is 4.26. The molecule has 8 heteroatoms. The number of benzene rings is 1. The van der Waals surface area contributed by atoms with Gasteiger partial charge in [0.1, 0.15) is 5.03 Å². The molecule has 0 radical (unpaired) electrons. The summed E-state index contributed by atoms with van der Waals surface area (Å²) >= 11 is 1.10. The normalized spacial score (nSPS) is 10.1. The van der Waals surface area contributed by atoms with E-state index in [1.54, 1.807) is 18.2 Å². The van der Waals surface area contributed by atoms with E-state index in [0.717, 1.165) is 11.8 Å². The Morgan fingerprint density at radius 3 is 2.65 bits per heavy atom. The summed E-state index contributed by atoms with van der Waals surface area (Å²) in [6, 6.07) is 6.33. The number of esters is 1. The third-order valence-electron chi connectivity index (χ3n) is 2.30. The van der Waals surface area contributed by atoms with Gasteiger partial charge in [-0.1, -0.05) is 23.9 Å². The first kappa shape index (κ1) is 13.9. The predicted molar refractivity (Wildman–Crippen MR) is 70.6 cm³/mol. The summed E-state index contributed by atoms with van der Waals surface area (Å²) < 4.78 is 4.51. The van der Waals surface area contributed by atoms with Crippen LogP contribution in [0.25, 0.3) is 0 Å². The topological polar surface area (TPSA) is 95.2 Å². The van der Waals surface area contributed by atoms with Crippen LogP contribution in [0.3, 0.4) is 0 Å². The molecule has 1 aromatic carbocycles. The van der Waals surface area contributed by atoms with Crippen molar-refractivity contribution in [2.24, 2.45) is 0 Å². The molecule has 1 aromatic heterocycles. The minimum atomic E-state index is -0.584. The van der Waals surface area contributed by atoms with E-state index in [0.29, 0.717) is 9.92 Å². The lowest BCUT2D eigenvalue weighted by Gasteiger charge is -2.02. The first-order valence-corrected chi connectivity index (χ1v) is 6.25. The number of carbonyl (C=O) groups is 1. The largest absolute Gasteiger partial charge is 0.464 e. The summed E-state index contributed by atoms with van der Waals surface area (Å²) in [6.07, 6.45) is 2.64. The molecule has 2 rings (SSSR count). The zero-order valence-corrected chi connectivity index (χ0v) is 11.2. The molecule has 0 N–H and O–H groups in total. The summed E-state index contributed by atoms with van der Waals surface area (Å²) in [5, 5.41) is 11.3. The lowest BCUT2D eigenvalue weighted by Crippen LogP contribution is -2.04. The average Bonchev–Trinajstić information content (AvgIpc) is 2.47. The van der Waals surface area contributed by atoms with Crippen molar-refractivity contribution in [2.75, 3.05) is 7.11 Å². The van der Waals surface area contributed by atoms with Gasteiger partial charge < -0.3 is 4.74 Å². The number of carbonyl (C=O) groups excluding carboxylic acids is 1. The maximum Gasteiger partial charge on any atom is 0.358 e. The number of ether oxygens (including phenoxy) is 1. The Morgan fingerprint density at radius 2 is 2.05 bits per heavy atom. The first-order valence-electron chi connectivity index (χ1n) is 5.43. The molecule has 2 aromatic rings. The standard InChI is InChI=1S/C12H9N3O4S/c1-19-12(16)8-6-14-11(7-13-8)20-10-5-3-2-4-9(10)15(17)18/h2-7H,1H3. The SMILES string of the molecule is COC(=O)c1cnc(Sc2ccccc2[N+](=O)[O-])cn1. The highest BCUT2D eigenvalue weighted by Gasteiger charge is 2.15. The van der Waals surface area contributed by atoms with Crippen LogP contribution < -0.4 is 0 Å². The fraction of sp³-hybridized carbons (Fsp3) is 0.0833. The van der Waals surface area contributed by atoms with Crippen molar-refractivity contribution < 1.29 is 14.5 Å². The van der Waals surface area contributed by atoms with Crippen molar-refractivity contribution in [3.05, 3.63) is 52.5 Å². The quantitative estimate of drug-likeness (QED) is 0.484. The minimum Gasteiger partial charge on any atom is -0.464 e. The van der Waals surface area contributed by atoms with E-state index in [-0.39, 0.29) is 11.4 Å². The molecule has 0 amide bonds. The third kappa shape index (κ3) is 3.09. The van der Waals surface area contributed by atoms with Gasteiger partial charge in [0.15, 0.2) is 5.69 Å². The molecular weight excluding hydrogens is 282 g/mol. The second-order valence-electron chi connectivity index (χ2n) is 3.56. The maximum atomic E-state index is 11.2. The van der Waals surface area contributed by atoms with Crippen LogP contribution in [0.2, 0.25) is 0 Å². The van der Waals surface area contributed by atoms with Gasteiger partial charge in [0, 0.05) is 6.07 Å². The van der Waals surface area contributed by atoms with E-state index in [9.17, 15) is 14.9 Å². The molecular formula is C12H9N3O4S. The van der Waals surface area contributed by atoms with E-state index >= 15 is 0 Å². The van der Waals surface area contributed by atoms with E-state index in [1.165, 1.54) is 25.6 Å². The molecule has 0 fully saturated rings. The molecule has 0 atom stereocenters. The van der Waals surface area contributed by atoms with Gasteiger partial charge in [0.25, 0.3) is 5.69 Å². The number of rotatable bonds is 4. The van der Waals surface area contributed by atoms with Crippen LogP contribution in [-0.4, -0.2) is 28.0 Å². The van der Waals surface area contributed by atoms with Gasteiger partial charge >= 0.3 is 5.97 Å². The van der Waals surface area contributed by atoms with Gasteiger partial charge in [-0.2, -0.15) is 0 Å². The number of nitro groups is 1. The Labute approximate surface area is 118 Å². The van der Waals surface area contributed by atoms with Crippen molar-refractivity contribution >= 4 is 23.4 Å². The summed E-state index contributed by atoms with van der Waals surface area (Å²) in [5.41, 5.74) is 0.0794. The van der Waals surface area contributed by atoms with Crippen LogP contribution in [0.1, 0.15) is 10.5 Å². The molecule has 102 valence electrons. The summed E-state index contributed by atoms with van der Waals surface area (Å²) in [5.74, 6) is -0.584. The molecule has 20 heavy (non-hydrogen) atoms. The first-order chi connectivity index (χ1) is 9.61. The van der Waals surface area contributed by atoms with Crippen LogP contribution in [-0.2, 0) is 4.74 Å². The van der Waals surface area contributed by atoms with Gasteiger partial charge in [-0.15, -0.1) is 0 Å². The Morgan fingerprint density at radius 1 is 1.30 bits per heavy atom. The van der Waals surface area contributed by atoms with Crippen molar-refractivity contribution in [1.82, 2.24) is 9.97 Å². The molecule has 0 aliphatic rings. The molecule has 7 nitrogen and oxygen atoms in total. The Balaban J connectivity index is 2.23. The summed E-state index contributed by atoms with van der Waals surface area (Å²) in [6.45, 7) is 0. The monoisotopic (exact) mass is 291 g/mol. The molecule has 0 aliphatic carbocycles. The number of aromatic nitrogens is 2. The van der Waals surface area contributed by atoms with Crippen LogP contribution in [0.4, 0.5) is 5.69 Å². The van der Waals surface area contributed by atoms with Gasteiger partial charge in [0.05, 0.1) is 29.3 Å². The predicted octanol–water partition coefficient (Wildman–Crippen LogP) is 2.32. The van der Waals surface area contributed by atoms with E-state index in [1.807, 2.05) is 0 Å². The Hall–Kier alpha value is -2.48. The van der Waals surface area contributed by atoms with Gasteiger partial charge in [-0.05, 0) is 6.07 Å². The maximum absolute atomic E-state index is 11.2. The lowest BCUT2D eigenvalue weighted by molar-refractivity contribution is -0.387. The number of para-hydroxylation sites is 1. The van der Waals surface area contributed by atoms with Crippen LogP contribution in [0.15, 0.2) is 46.6 Å². The second-order valence-corrected chi connectivity index (χ2v) is 4.62. The highest BCUT2D eigenvalue weighted by molar-refractivity contribution is 7.99. The zero-order valence-electron chi connectivity index (χ0n) is 10.3. The molecule has 0 bridgehead atoms. The van der Waals surface area contributed by atoms with Crippen molar-refractivity contribution in [1.29, 1.82) is 0 Å². The summed E-state index contributed by atoms with van der Waals surface area (Å²) in [7, 11) is 1.25. The lowest BCUT2D eigenvalue weighted by atomic mass is 10.3. The van der Waals surface area contributed by atoms with Crippen LogP contribution in [0.5, 0.6) is 0 Å². The molecule has 1 heterocycles. The zero-order chi connectivity index (χ0) is 14.5. The number of hydrogen-bond donors (Lipinski definition) is 0. The second kappa shape index (κ2) is 6.11. The van der Waals surface area contributed by atoms with Crippen molar-refractivity contribution in [3.8, 4) is 0 Å². The molecule has 0 saturated heterocycles. The smallest absolute Gasteiger partial charge is 0.358 e. The molecule has 0 unspecified atom stereocenters. The number of nitro benzene ring substituents is 1. The van der Waals surface area contributed by atoms with E-state index in [2.05, 4.69) is 14.7 Å². The van der Waals surface area contributed by atoms with Crippen LogP contribution in [0, 0.1) is 10.1 Å². The fourth-order valence-electron chi connectivity index (χ4n) is 1.39. The van der Waals surface area contributed by atoms with E-state index < -0.39 is 10.9 Å². The average molecular weight is 291 g/mol. The molecule has 0 aliphatic heterocycles. The van der Waals surface area contributed by atoms with Gasteiger partial charge in [-0.3, -0.25) is 10.1 Å². The van der Waals surface area contributed by atoms with Gasteiger partial charge in [0.2, 0.25) is 0 Å². The number of methoxy groups -OCH3 is 1. The van der Waals surface area contributed by atoms with Crippen molar-refractivity contribution in [2.45, 2.75) is 9.92 Å². The molecule has 0 spiro atoms. The Bertz CT molecular complexity index is 645. The van der Waals surface area contributed by atoms with Crippen molar-refractivity contribution in [3.63, 3.8) is 0 Å². The highest BCUT2D eigenvalue weighted by atomic mass is 32.2. The van der Waals surface area contributed by atoms with E-state index in [4.69, 9.17) is 0 Å². The number of nitrogens with zero attached hydrogens (tertiary/aromatic N) is 3. The fourth-order valence-corrected chi connectivity index (χ4v) is 2.22. The third-order valence-corrected chi connectivity index (χ3v) is 3.28.